The molecule has 4 unspecified atom stereocenters. The fourth-order valence-corrected chi connectivity index (χ4v) is 3.99. The highest BCUT2D eigenvalue weighted by molar-refractivity contribution is 6.30. The summed E-state index contributed by atoms with van der Waals surface area (Å²) in [5.41, 5.74) is 0.562. The molecule has 0 spiro atoms. The summed E-state index contributed by atoms with van der Waals surface area (Å²) in [5, 5.41) is 12.3. The standard InChI is InChI=1S/C18H22ClN5O4/c19-10-1-3-11(4-2-10)20-16(26)12-9-13(25)21-15-14(12)17(27)23-18(22-15)24-5-7-28-8-6-24/h1-4,12,14-15,18,22H,5-9H2,(H,20,26)(H,21,25)(H,23,27). The van der Waals surface area contributed by atoms with Crippen LogP contribution in [0, 0.1) is 11.8 Å². The van der Waals surface area contributed by atoms with Crippen molar-refractivity contribution in [2.45, 2.75) is 18.9 Å². The minimum absolute atomic E-state index is 0.0437. The summed E-state index contributed by atoms with van der Waals surface area (Å²) >= 11 is 5.87. The first-order valence-electron chi connectivity index (χ1n) is 9.25. The van der Waals surface area contributed by atoms with E-state index in [1.54, 1.807) is 24.3 Å². The maximum Gasteiger partial charge on any atom is 0.229 e. The molecule has 4 atom stereocenters. The first kappa shape index (κ1) is 19.1. The van der Waals surface area contributed by atoms with Gasteiger partial charge in [-0.05, 0) is 24.3 Å². The molecule has 3 fully saturated rings. The smallest absolute Gasteiger partial charge is 0.229 e. The molecule has 1 aromatic rings. The lowest BCUT2D eigenvalue weighted by Crippen LogP contribution is -2.74. The zero-order valence-corrected chi connectivity index (χ0v) is 15.9. The first-order chi connectivity index (χ1) is 13.5. The van der Waals surface area contributed by atoms with Gasteiger partial charge in [0.1, 0.15) is 6.29 Å². The van der Waals surface area contributed by atoms with Crippen molar-refractivity contribution in [2.75, 3.05) is 31.6 Å². The number of hydrogen-bond donors (Lipinski definition) is 4. The molecule has 3 saturated heterocycles. The second-order valence-electron chi connectivity index (χ2n) is 7.10. The van der Waals surface area contributed by atoms with Crippen LogP contribution in [0.2, 0.25) is 5.02 Å². The van der Waals surface area contributed by atoms with Crippen LogP contribution in [0.1, 0.15) is 6.42 Å². The van der Waals surface area contributed by atoms with Crippen molar-refractivity contribution in [1.29, 1.82) is 0 Å². The van der Waals surface area contributed by atoms with Gasteiger partial charge in [-0.3, -0.25) is 24.6 Å². The summed E-state index contributed by atoms with van der Waals surface area (Å²) < 4.78 is 5.34. The van der Waals surface area contributed by atoms with Crippen molar-refractivity contribution in [3.05, 3.63) is 29.3 Å². The molecule has 3 aliphatic heterocycles. The molecule has 3 aliphatic rings. The summed E-state index contributed by atoms with van der Waals surface area (Å²) in [6.45, 7) is 2.51. The molecule has 10 heteroatoms. The third-order valence-corrected chi connectivity index (χ3v) is 5.54. The largest absolute Gasteiger partial charge is 0.379 e. The SMILES string of the molecule is O=C1CC(C(=O)Nc2ccc(Cl)cc2)C2C(=O)NC(N3CCOCC3)NC2N1. The molecular weight excluding hydrogens is 386 g/mol. The maximum atomic E-state index is 12.8. The lowest BCUT2D eigenvalue weighted by Gasteiger charge is -2.46. The fourth-order valence-electron chi connectivity index (χ4n) is 3.86. The van der Waals surface area contributed by atoms with E-state index in [0.29, 0.717) is 37.0 Å². The van der Waals surface area contributed by atoms with Crippen molar-refractivity contribution in [3.63, 3.8) is 0 Å². The number of halogens is 1. The average molecular weight is 408 g/mol. The number of amides is 3. The van der Waals surface area contributed by atoms with Gasteiger partial charge in [0.25, 0.3) is 0 Å². The highest BCUT2D eigenvalue weighted by Gasteiger charge is 2.49. The van der Waals surface area contributed by atoms with Crippen molar-refractivity contribution >= 4 is 35.0 Å². The maximum absolute atomic E-state index is 12.8. The van der Waals surface area contributed by atoms with Gasteiger partial charge in [-0.25, -0.2) is 0 Å². The van der Waals surface area contributed by atoms with Crippen LogP contribution < -0.4 is 21.3 Å². The summed E-state index contributed by atoms with van der Waals surface area (Å²) in [6.07, 6.45) is -1.06. The van der Waals surface area contributed by atoms with E-state index in [-0.39, 0.29) is 24.1 Å². The highest BCUT2D eigenvalue weighted by atomic mass is 35.5. The quantitative estimate of drug-likeness (QED) is 0.547. The Kier molecular flexibility index (Phi) is 5.49. The molecule has 28 heavy (non-hydrogen) atoms. The lowest BCUT2D eigenvalue weighted by atomic mass is 9.81. The van der Waals surface area contributed by atoms with Gasteiger partial charge in [-0.2, -0.15) is 0 Å². The second kappa shape index (κ2) is 8.04. The summed E-state index contributed by atoms with van der Waals surface area (Å²) in [4.78, 5) is 39.9. The number of anilines is 1. The Bertz CT molecular complexity index is 768. The Labute approximate surface area is 167 Å². The molecule has 3 amide bonds. The Morgan fingerprint density at radius 3 is 2.57 bits per heavy atom. The number of morpholine rings is 1. The number of benzene rings is 1. The molecule has 0 aromatic heterocycles. The van der Waals surface area contributed by atoms with Crippen LogP contribution >= 0.6 is 11.6 Å². The fraction of sp³-hybridized carbons (Fsp3) is 0.500. The van der Waals surface area contributed by atoms with E-state index >= 15 is 0 Å². The van der Waals surface area contributed by atoms with Crippen molar-refractivity contribution in [3.8, 4) is 0 Å². The third kappa shape index (κ3) is 3.97. The molecule has 9 nitrogen and oxygen atoms in total. The number of piperidine rings is 1. The molecule has 4 N–H and O–H groups in total. The molecule has 150 valence electrons. The monoisotopic (exact) mass is 407 g/mol. The van der Waals surface area contributed by atoms with E-state index in [1.807, 2.05) is 4.90 Å². The Morgan fingerprint density at radius 2 is 1.86 bits per heavy atom. The minimum atomic E-state index is -0.771. The van der Waals surface area contributed by atoms with E-state index < -0.39 is 24.3 Å². The van der Waals surface area contributed by atoms with Crippen LogP contribution in [0.25, 0.3) is 0 Å². The number of hydrogen-bond acceptors (Lipinski definition) is 6. The van der Waals surface area contributed by atoms with E-state index in [0.717, 1.165) is 0 Å². The molecule has 0 bridgehead atoms. The predicted molar refractivity (Wildman–Crippen MR) is 101 cm³/mol. The number of rotatable bonds is 3. The number of fused-ring (bicyclic) bond motifs is 1. The number of nitrogens with zero attached hydrogens (tertiary/aromatic N) is 1. The van der Waals surface area contributed by atoms with Crippen LogP contribution in [0.3, 0.4) is 0 Å². The molecule has 1 aromatic carbocycles. The van der Waals surface area contributed by atoms with Gasteiger partial charge in [0.2, 0.25) is 17.7 Å². The van der Waals surface area contributed by atoms with E-state index in [1.165, 1.54) is 0 Å². The summed E-state index contributed by atoms with van der Waals surface area (Å²) in [6, 6.07) is 6.67. The van der Waals surface area contributed by atoms with Gasteiger partial charge >= 0.3 is 0 Å². The van der Waals surface area contributed by atoms with Crippen LogP contribution in [0.15, 0.2) is 24.3 Å². The Hall–Kier alpha value is -2.20. The van der Waals surface area contributed by atoms with Gasteiger partial charge in [0.05, 0.1) is 31.2 Å². The second-order valence-corrected chi connectivity index (χ2v) is 7.54. The zero-order valence-electron chi connectivity index (χ0n) is 15.1. The van der Waals surface area contributed by atoms with Crippen molar-refractivity contribution < 1.29 is 19.1 Å². The van der Waals surface area contributed by atoms with Gasteiger partial charge in [0, 0.05) is 30.2 Å². The zero-order chi connectivity index (χ0) is 19.7. The van der Waals surface area contributed by atoms with Gasteiger partial charge in [0.15, 0.2) is 0 Å². The van der Waals surface area contributed by atoms with Crippen LogP contribution in [0.4, 0.5) is 5.69 Å². The topological polar surface area (TPSA) is 112 Å². The molecule has 0 saturated carbocycles. The van der Waals surface area contributed by atoms with Crippen LogP contribution in [-0.2, 0) is 19.1 Å². The normalized spacial score (nSPS) is 30.8. The molecule has 3 heterocycles. The van der Waals surface area contributed by atoms with Gasteiger partial charge in [-0.15, -0.1) is 0 Å². The van der Waals surface area contributed by atoms with Crippen LogP contribution in [-0.4, -0.2) is 61.4 Å². The lowest BCUT2D eigenvalue weighted by molar-refractivity contribution is -0.148. The number of carbonyl (C=O) groups is 3. The summed E-state index contributed by atoms with van der Waals surface area (Å²) in [7, 11) is 0. The predicted octanol–water partition coefficient (Wildman–Crippen LogP) is -0.308. The molecule has 0 radical (unpaired) electrons. The van der Waals surface area contributed by atoms with E-state index in [4.69, 9.17) is 16.3 Å². The number of carbonyl (C=O) groups excluding carboxylic acids is 3. The average Bonchev–Trinajstić information content (AvgIpc) is 2.69. The number of nitrogens with one attached hydrogen (secondary N) is 4. The minimum Gasteiger partial charge on any atom is -0.379 e. The third-order valence-electron chi connectivity index (χ3n) is 5.29. The summed E-state index contributed by atoms with van der Waals surface area (Å²) in [5.74, 6) is -2.35. The molecule has 4 rings (SSSR count). The van der Waals surface area contributed by atoms with E-state index in [9.17, 15) is 14.4 Å². The highest BCUT2D eigenvalue weighted by Crippen LogP contribution is 2.28. The van der Waals surface area contributed by atoms with E-state index in [2.05, 4.69) is 21.3 Å². The van der Waals surface area contributed by atoms with Gasteiger partial charge < -0.3 is 20.7 Å². The van der Waals surface area contributed by atoms with Crippen molar-refractivity contribution in [2.24, 2.45) is 11.8 Å². The first-order valence-corrected chi connectivity index (χ1v) is 9.63. The van der Waals surface area contributed by atoms with Crippen molar-refractivity contribution in [1.82, 2.24) is 20.9 Å². The molecule has 0 aliphatic carbocycles. The number of ether oxygens (including phenoxy) is 1. The van der Waals surface area contributed by atoms with Crippen LogP contribution in [0.5, 0.6) is 0 Å². The molecular formula is C18H22ClN5O4. The van der Waals surface area contributed by atoms with Gasteiger partial charge in [-0.1, -0.05) is 11.6 Å². The Morgan fingerprint density at radius 1 is 1.14 bits per heavy atom. The Balaban J connectivity index is 1.48.